The van der Waals surface area contributed by atoms with Gasteiger partial charge in [0, 0.05) is 6.07 Å². The molecule has 0 bridgehead atoms. The number of carbonyl (C=O) groups is 3. The van der Waals surface area contributed by atoms with E-state index in [-0.39, 0.29) is 18.1 Å². The lowest BCUT2D eigenvalue weighted by molar-refractivity contribution is -0.122. The number of urea groups is 1. The smallest absolute Gasteiger partial charge is 0.335 e. The summed E-state index contributed by atoms with van der Waals surface area (Å²) in [7, 11) is 0. The number of rotatable bonds is 2. The van der Waals surface area contributed by atoms with Gasteiger partial charge in [0.05, 0.1) is 5.69 Å². The summed E-state index contributed by atoms with van der Waals surface area (Å²) in [6.45, 7) is 0.0438. The fourth-order valence-corrected chi connectivity index (χ4v) is 2.68. The van der Waals surface area contributed by atoms with Crippen LogP contribution in [0.15, 0.2) is 48.0 Å². The average Bonchev–Trinajstić information content (AvgIpc) is 3.06. The molecule has 8 heteroatoms. The van der Waals surface area contributed by atoms with Crippen LogP contribution in [-0.2, 0) is 9.59 Å². The topological polar surface area (TPSA) is 84.9 Å². The summed E-state index contributed by atoms with van der Waals surface area (Å²) in [4.78, 5) is 37.8. The van der Waals surface area contributed by atoms with Crippen LogP contribution in [0.2, 0.25) is 0 Å². The zero-order valence-corrected chi connectivity index (χ0v) is 13.2. The Morgan fingerprint density at radius 3 is 2.65 bits per heavy atom. The molecule has 1 fully saturated rings. The van der Waals surface area contributed by atoms with Crippen molar-refractivity contribution in [3.05, 3.63) is 59.4 Å². The van der Waals surface area contributed by atoms with E-state index >= 15 is 0 Å². The van der Waals surface area contributed by atoms with Gasteiger partial charge in [-0.3, -0.25) is 14.9 Å². The molecule has 26 heavy (non-hydrogen) atoms. The highest BCUT2D eigenvalue weighted by atomic mass is 19.1. The molecule has 130 valence electrons. The molecule has 0 radical (unpaired) electrons. The molecule has 0 aromatic heterocycles. The SMILES string of the molecule is O=C1NC(=O)N(c2ccc3c(c2)OCO3)C(=O)/C1=C/c1cccc(F)c1. The molecule has 1 saturated heterocycles. The molecule has 0 unspecified atom stereocenters. The third kappa shape index (κ3) is 2.67. The Hall–Kier alpha value is -3.68. The second kappa shape index (κ2) is 5.99. The van der Waals surface area contributed by atoms with E-state index in [9.17, 15) is 18.8 Å². The highest BCUT2D eigenvalue weighted by Crippen LogP contribution is 2.36. The predicted molar refractivity (Wildman–Crippen MR) is 88.0 cm³/mol. The lowest BCUT2D eigenvalue weighted by atomic mass is 10.1. The normalized spacial score (nSPS) is 17.7. The fraction of sp³-hybridized carbons (Fsp3) is 0.0556. The second-order valence-corrected chi connectivity index (χ2v) is 5.55. The number of anilines is 1. The number of fused-ring (bicyclic) bond motifs is 1. The Morgan fingerprint density at radius 1 is 1.04 bits per heavy atom. The number of amides is 4. The molecule has 2 aliphatic rings. The molecule has 0 saturated carbocycles. The Bertz CT molecular complexity index is 985. The summed E-state index contributed by atoms with van der Waals surface area (Å²) >= 11 is 0. The van der Waals surface area contributed by atoms with Crippen LogP contribution < -0.4 is 19.7 Å². The molecule has 7 nitrogen and oxygen atoms in total. The Balaban J connectivity index is 1.73. The van der Waals surface area contributed by atoms with Crippen molar-refractivity contribution in [1.82, 2.24) is 5.32 Å². The van der Waals surface area contributed by atoms with Crippen molar-refractivity contribution in [1.29, 1.82) is 0 Å². The standard InChI is InChI=1S/C18H11FN2O5/c19-11-3-1-2-10(6-11)7-13-16(22)20-18(24)21(17(13)23)12-4-5-14-15(8-12)26-9-25-14/h1-8H,9H2,(H,20,22,24)/b13-7+. The van der Waals surface area contributed by atoms with Crippen LogP contribution in [0.1, 0.15) is 5.56 Å². The first-order chi connectivity index (χ1) is 12.5. The van der Waals surface area contributed by atoms with Gasteiger partial charge in [0.25, 0.3) is 11.8 Å². The van der Waals surface area contributed by atoms with Crippen molar-refractivity contribution in [2.45, 2.75) is 0 Å². The van der Waals surface area contributed by atoms with E-state index in [1.54, 1.807) is 6.07 Å². The van der Waals surface area contributed by atoms with Crippen LogP contribution in [0, 0.1) is 5.82 Å². The van der Waals surface area contributed by atoms with Crippen LogP contribution in [0.25, 0.3) is 6.08 Å². The van der Waals surface area contributed by atoms with Gasteiger partial charge in [-0.15, -0.1) is 0 Å². The highest BCUT2D eigenvalue weighted by Gasteiger charge is 2.37. The average molecular weight is 354 g/mol. The number of nitrogens with one attached hydrogen (secondary N) is 1. The van der Waals surface area contributed by atoms with E-state index < -0.39 is 23.7 Å². The minimum atomic E-state index is -0.879. The molecule has 1 N–H and O–H groups in total. The molecular weight excluding hydrogens is 343 g/mol. The molecule has 0 spiro atoms. The van der Waals surface area contributed by atoms with E-state index in [0.29, 0.717) is 17.1 Å². The summed E-state index contributed by atoms with van der Waals surface area (Å²) in [5, 5.41) is 2.10. The third-order valence-electron chi connectivity index (χ3n) is 3.88. The largest absolute Gasteiger partial charge is 0.454 e. The third-order valence-corrected chi connectivity index (χ3v) is 3.88. The Morgan fingerprint density at radius 2 is 1.85 bits per heavy atom. The number of barbiturate groups is 1. The maximum absolute atomic E-state index is 13.3. The summed E-state index contributed by atoms with van der Waals surface area (Å²) in [6.07, 6.45) is 1.23. The van der Waals surface area contributed by atoms with Crippen LogP contribution in [-0.4, -0.2) is 24.6 Å². The number of nitrogens with zero attached hydrogens (tertiary/aromatic N) is 1. The van der Waals surface area contributed by atoms with E-state index in [4.69, 9.17) is 9.47 Å². The monoisotopic (exact) mass is 354 g/mol. The van der Waals surface area contributed by atoms with Crippen molar-refractivity contribution in [3.8, 4) is 11.5 Å². The summed E-state index contributed by atoms with van der Waals surface area (Å²) in [6, 6.07) is 9.06. The Kier molecular flexibility index (Phi) is 3.65. The molecule has 0 atom stereocenters. The number of benzene rings is 2. The van der Waals surface area contributed by atoms with Crippen LogP contribution >= 0.6 is 0 Å². The van der Waals surface area contributed by atoms with Gasteiger partial charge in [0.2, 0.25) is 6.79 Å². The molecule has 2 aromatic rings. The quantitative estimate of drug-likeness (QED) is 0.660. The van der Waals surface area contributed by atoms with E-state index in [1.165, 1.54) is 42.5 Å². The van der Waals surface area contributed by atoms with Crippen LogP contribution in [0.5, 0.6) is 11.5 Å². The lowest BCUT2D eigenvalue weighted by Crippen LogP contribution is -2.54. The van der Waals surface area contributed by atoms with Crippen molar-refractivity contribution in [3.63, 3.8) is 0 Å². The first-order valence-electron chi connectivity index (χ1n) is 7.59. The van der Waals surface area contributed by atoms with Crippen molar-refractivity contribution in [2.24, 2.45) is 0 Å². The number of hydrogen-bond donors (Lipinski definition) is 1. The minimum absolute atomic E-state index is 0.0438. The van der Waals surface area contributed by atoms with Crippen molar-refractivity contribution >= 4 is 29.6 Å². The summed E-state index contributed by atoms with van der Waals surface area (Å²) in [5.41, 5.74) is 0.255. The van der Waals surface area contributed by atoms with E-state index in [2.05, 4.69) is 5.32 Å². The van der Waals surface area contributed by atoms with Crippen LogP contribution in [0.3, 0.4) is 0 Å². The minimum Gasteiger partial charge on any atom is -0.454 e. The van der Waals surface area contributed by atoms with Gasteiger partial charge in [0.15, 0.2) is 11.5 Å². The van der Waals surface area contributed by atoms with E-state index in [0.717, 1.165) is 4.90 Å². The van der Waals surface area contributed by atoms with Gasteiger partial charge in [-0.1, -0.05) is 12.1 Å². The van der Waals surface area contributed by atoms with Gasteiger partial charge in [-0.05, 0) is 35.9 Å². The van der Waals surface area contributed by atoms with Gasteiger partial charge < -0.3 is 9.47 Å². The number of carbonyl (C=O) groups excluding carboxylic acids is 3. The molecule has 2 aliphatic heterocycles. The number of imide groups is 2. The molecule has 2 heterocycles. The molecule has 4 rings (SSSR count). The zero-order chi connectivity index (χ0) is 18.3. The predicted octanol–water partition coefficient (Wildman–Crippen LogP) is 2.22. The molecule has 4 amide bonds. The highest BCUT2D eigenvalue weighted by molar-refractivity contribution is 6.39. The Labute approximate surface area is 146 Å². The first-order valence-corrected chi connectivity index (χ1v) is 7.59. The van der Waals surface area contributed by atoms with Gasteiger partial charge in [-0.2, -0.15) is 0 Å². The maximum Gasteiger partial charge on any atom is 0.335 e. The second-order valence-electron chi connectivity index (χ2n) is 5.55. The van der Waals surface area contributed by atoms with Gasteiger partial charge in [-0.25, -0.2) is 14.1 Å². The van der Waals surface area contributed by atoms with Crippen molar-refractivity contribution in [2.75, 3.05) is 11.7 Å². The zero-order valence-electron chi connectivity index (χ0n) is 13.2. The van der Waals surface area contributed by atoms with Gasteiger partial charge >= 0.3 is 6.03 Å². The maximum atomic E-state index is 13.3. The summed E-state index contributed by atoms with van der Waals surface area (Å²) in [5.74, 6) is -1.30. The molecular formula is C18H11FN2O5. The van der Waals surface area contributed by atoms with Gasteiger partial charge in [0.1, 0.15) is 11.4 Å². The summed E-state index contributed by atoms with van der Waals surface area (Å²) < 4.78 is 23.8. The van der Waals surface area contributed by atoms with E-state index in [1.807, 2.05) is 0 Å². The van der Waals surface area contributed by atoms with Crippen molar-refractivity contribution < 1.29 is 28.2 Å². The molecule has 0 aliphatic carbocycles. The lowest BCUT2D eigenvalue weighted by Gasteiger charge is -2.26. The van der Waals surface area contributed by atoms with Crippen LogP contribution in [0.4, 0.5) is 14.9 Å². The molecule has 2 aromatic carbocycles. The fourth-order valence-electron chi connectivity index (χ4n) is 2.68. The first kappa shape index (κ1) is 15.8. The number of ether oxygens (including phenoxy) is 2. The number of hydrogen-bond acceptors (Lipinski definition) is 5. The number of halogens is 1.